The summed E-state index contributed by atoms with van der Waals surface area (Å²) in [6.07, 6.45) is 0.276. The molecule has 0 spiro atoms. The zero-order valence-corrected chi connectivity index (χ0v) is 12.4. The first-order valence-electron chi connectivity index (χ1n) is 6.41. The first kappa shape index (κ1) is 16.5. The van der Waals surface area contributed by atoms with Crippen LogP contribution >= 0.6 is 11.6 Å². The number of hydrogen-bond acceptors (Lipinski definition) is 4. The van der Waals surface area contributed by atoms with Gasteiger partial charge in [-0.3, -0.25) is 14.5 Å². The maximum atomic E-state index is 11.8. The van der Waals surface area contributed by atoms with Gasteiger partial charge in [0.1, 0.15) is 0 Å². The molecule has 0 heterocycles. The molecule has 110 valence electrons. The van der Waals surface area contributed by atoms with E-state index in [2.05, 4.69) is 5.32 Å². The molecular formula is C14H19ClN2O3. The summed E-state index contributed by atoms with van der Waals surface area (Å²) in [4.78, 5) is 24.7. The number of nitrogens with zero attached hydrogens (tertiary/aromatic N) is 1. The molecule has 6 heteroatoms. The zero-order valence-electron chi connectivity index (χ0n) is 11.7. The Hall–Kier alpha value is -1.59. The number of carbonyl (C=O) groups excluding carboxylic acids is 2. The number of rotatable bonds is 7. The van der Waals surface area contributed by atoms with Gasteiger partial charge >= 0.3 is 5.97 Å². The van der Waals surface area contributed by atoms with E-state index in [-0.39, 0.29) is 24.8 Å². The molecule has 5 nitrogen and oxygen atoms in total. The summed E-state index contributed by atoms with van der Waals surface area (Å²) in [5, 5.41) is 3.38. The predicted molar refractivity (Wildman–Crippen MR) is 78.8 cm³/mol. The molecule has 0 bridgehead atoms. The lowest BCUT2D eigenvalue weighted by Crippen LogP contribution is -2.32. The number of halogens is 1. The normalized spacial score (nSPS) is 10.4. The van der Waals surface area contributed by atoms with Crippen LogP contribution in [-0.2, 0) is 14.3 Å². The molecule has 1 rings (SSSR count). The van der Waals surface area contributed by atoms with E-state index in [1.165, 1.54) is 0 Å². The van der Waals surface area contributed by atoms with Gasteiger partial charge in [0.2, 0.25) is 5.91 Å². The lowest BCUT2D eigenvalue weighted by molar-refractivity contribution is -0.143. The molecule has 1 aromatic rings. The van der Waals surface area contributed by atoms with E-state index >= 15 is 0 Å². The highest BCUT2D eigenvalue weighted by atomic mass is 35.5. The van der Waals surface area contributed by atoms with Crippen LogP contribution in [0.5, 0.6) is 0 Å². The fraction of sp³-hybridized carbons (Fsp3) is 0.429. The monoisotopic (exact) mass is 298 g/mol. The molecule has 0 radical (unpaired) electrons. The van der Waals surface area contributed by atoms with E-state index in [9.17, 15) is 9.59 Å². The fourth-order valence-corrected chi connectivity index (χ4v) is 1.70. The summed E-state index contributed by atoms with van der Waals surface area (Å²) in [6.45, 7) is 2.83. The number of benzene rings is 1. The molecule has 20 heavy (non-hydrogen) atoms. The van der Waals surface area contributed by atoms with Crippen molar-refractivity contribution in [3.63, 3.8) is 0 Å². The van der Waals surface area contributed by atoms with Crippen molar-refractivity contribution in [1.82, 2.24) is 4.90 Å². The summed E-state index contributed by atoms with van der Waals surface area (Å²) in [7, 11) is 1.78. The number of nitrogens with one attached hydrogen (secondary N) is 1. The molecule has 0 aliphatic carbocycles. The Morgan fingerprint density at radius 1 is 1.30 bits per heavy atom. The second-order valence-electron chi connectivity index (χ2n) is 4.35. The van der Waals surface area contributed by atoms with Gasteiger partial charge in [0.25, 0.3) is 0 Å². The third-order valence-electron chi connectivity index (χ3n) is 2.54. The highest BCUT2D eigenvalue weighted by Gasteiger charge is 2.09. The van der Waals surface area contributed by atoms with Crippen LogP contribution in [0.25, 0.3) is 0 Å². The summed E-state index contributed by atoms with van der Waals surface area (Å²) < 4.78 is 4.83. The Kier molecular flexibility index (Phi) is 7.04. The van der Waals surface area contributed by atoms with Crippen LogP contribution < -0.4 is 5.32 Å². The van der Waals surface area contributed by atoms with Gasteiger partial charge in [-0.2, -0.15) is 0 Å². The molecular weight excluding hydrogens is 280 g/mol. The summed E-state index contributed by atoms with van der Waals surface area (Å²) >= 11 is 5.76. The van der Waals surface area contributed by atoms with E-state index in [0.717, 1.165) is 0 Å². The smallest absolute Gasteiger partial charge is 0.307 e. The van der Waals surface area contributed by atoms with Crippen molar-refractivity contribution in [2.75, 3.05) is 32.1 Å². The van der Waals surface area contributed by atoms with E-state index in [4.69, 9.17) is 16.3 Å². The number of ether oxygens (including phenoxy) is 1. The number of amides is 1. The molecule has 0 aliphatic rings. The molecule has 1 N–H and O–H groups in total. The minimum atomic E-state index is -0.252. The number of hydrogen-bond donors (Lipinski definition) is 1. The van der Waals surface area contributed by atoms with Crippen LogP contribution in [0.4, 0.5) is 5.69 Å². The second kappa shape index (κ2) is 8.55. The van der Waals surface area contributed by atoms with Gasteiger partial charge in [0.15, 0.2) is 0 Å². The van der Waals surface area contributed by atoms with Gasteiger partial charge in [-0.15, -0.1) is 0 Å². The minimum Gasteiger partial charge on any atom is -0.466 e. The van der Waals surface area contributed by atoms with E-state index in [1.54, 1.807) is 43.1 Å². The van der Waals surface area contributed by atoms with Crippen LogP contribution in [0, 0.1) is 0 Å². The van der Waals surface area contributed by atoms with Gasteiger partial charge in [-0.25, -0.2) is 0 Å². The molecule has 0 aromatic heterocycles. The topological polar surface area (TPSA) is 58.6 Å². The Bertz CT molecular complexity index is 448. The van der Waals surface area contributed by atoms with Crippen molar-refractivity contribution in [1.29, 1.82) is 0 Å². The third kappa shape index (κ3) is 6.54. The third-order valence-corrected chi connectivity index (χ3v) is 2.80. The maximum Gasteiger partial charge on any atom is 0.307 e. The minimum absolute atomic E-state index is 0.140. The largest absolute Gasteiger partial charge is 0.466 e. The molecule has 0 saturated carbocycles. The van der Waals surface area contributed by atoms with Gasteiger partial charge in [-0.05, 0) is 38.2 Å². The molecule has 1 amide bonds. The SMILES string of the molecule is CCOC(=O)CCN(C)CC(=O)Nc1ccc(Cl)cc1. The molecule has 0 unspecified atom stereocenters. The highest BCUT2D eigenvalue weighted by molar-refractivity contribution is 6.30. The van der Waals surface area contributed by atoms with Crippen LogP contribution in [0.15, 0.2) is 24.3 Å². The van der Waals surface area contributed by atoms with Crippen molar-refractivity contribution in [3.8, 4) is 0 Å². The molecule has 0 saturated heterocycles. The lowest BCUT2D eigenvalue weighted by atomic mass is 10.3. The predicted octanol–water partition coefficient (Wildman–Crippen LogP) is 2.16. The van der Waals surface area contributed by atoms with Gasteiger partial charge in [0.05, 0.1) is 19.6 Å². The number of carbonyl (C=O) groups is 2. The number of esters is 1. The van der Waals surface area contributed by atoms with Crippen LogP contribution in [0.1, 0.15) is 13.3 Å². The quantitative estimate of drug-likeness (QED) is 0.784. The Labute approximate surface area is 123 Å². The second-order valence-corrected chi connectivity index (χ2v) is 4.78. The van der Waals surface area contributed by atoms with Gasteiger partial charge < -0.3 is 10.1 Å². The number of anilines is 1. The van der Waals surface area contributed by atoms with E-state index in [1.807, 2.05) is 0 Å². The van der Waals surface area contributed by atoms with Crippen molar-refractivity contribution in [2.45, 2.75) is 13.3 Å². The summed E-state index contributed by atoms with van der Waals surface area (Å²) in [5.74, 6) is -0.392. The average molecular weight is 299 g/mol. The molecule has 0 fully saturated rings. The summed E-state index contributed by atoms with van der Waals surface area (Å²) in [6, 6.07) is 6.89. The van der Waals surface area contributed by atoms with E-state index in [0.29, 0.717) is 23.9 Å². The van der Waals surface area contributed by atoms with Crippen LogP contribution in [0.2, 0.25) is 5.02 Å². The fourth-order valence-electron chi connectivity index (χ4n) is 1.57. The zero-order chi connectivity index (χ0) is 15.0. The average Bonchev–Trinajstić information content (AvgIpc) is 2.39. The first-order valence-corrected chi connectivity index (χ1v) is 6.78. The van der Waals surface area contributed by atoms with E-state index < -0.39 is 0 Å². The molecule has 0 aliphatic heterocycles. The first-order chi connectivity index (χ1) is 9.51. The van der Waals surface area contributed by atoms with Crippen molar-refractivity contribution in [2.24, 2.45) is 0 Å². The Morgan fingerprint density at radius 2 is 1.95 bits per heavy atom. The van der Waals surface area contributed by atoms with Crippen LogP contribution in [-0.4, -0.2) is 43.5 Å². The standard InChI is InChI=1S/C14H19ClN2O3/c1-3-20-14(19)8-9-17(2)10-13(18)16-12-6-4-11(15)5-7-12/h4-7H,3,8-10H2,1-2H3,(H,16,18). The van der Waals surface area contributed by atoms with Crippen molar-refractivity contribution in [3.05, 3.63) is 29.3 Å². The number of likely N-dealkylation sites (N-methyl/N-ethyl adjacent to an activating group) is 1. The van der Waals surface area contributed by atoms with Crippen LogP contribution in [0.3, 0.4) is 0 Å². The van der Waals surface area contributed by atoms with Crippen molar-refractivity contribution < 1.29 is 14.3 Å². The maximum absolute atomic E-state index is 11.8. The molecule has 1 aromatic carbocycles. The summed E-state index contributed by atoms with van der Waals surface area (Å²) in [5.41, 5.74) is 0.693. The highest BCUT2D eigenvalue weighted by Crippen LogP contribution is 2.13. The lowest BCUT2D eigenvalue weighted by Gasteiger charge is -2.15. The van der Waals surface area contributed by atoms with Gasteiger partial charge in [-0.1, -0.05) is 11.6 Å². The molecule has 0 atom stereocenters. The Balaban J connectivity index is 2.30. The van der Waals surface area contributed by atoms with Gasteiger partial charge in [0, 0.05) is 17.3 Å². The Morgan fingerprint density at radius 3 is 2.55 bits per heavy atom. The van der Waals surface area contributed by atoms with Crippen molar-refractivity contribution >= 4 is 29.2 Å².